The SMILES string of the molecule is O=C(O)c1c(O)cccc1O.O=C(O)c1cc(O)cc(O)c1.O=C(O)c1ccc(O)cc1O.O=Cc1ccc(O)c(O)c1O. The van der Waals surface area contributed by atoms with Crippen LogP contribution >= 0.6 is 0 Å². The first kappa shape index (κ1) is 35.2. The molecule has 0 saturated heterocycles. The Hall–Kier alpha value is -6.84. The topological polar surface area (TPSA) is 311 Å². The molecule has 12 N–H and O–H groups in total. The molecule has 0 fully saturated rings. The molecular weight excluding hydrogens is 592 g/mol. The van der Waals surface area contributed by atoms with Crippen molar-refractivity contribution in [2.75, 3.05) is 0 Å². The Labute approximate surface area is 245 Å². The Kier molecular flexibility index (Phi) is 12.6. The van der Waals surface area contributed by atoms with Crippen LogP contribution in [0.4, 0.5) is 0 Å². The maximum atomic E-state index is 10.3. The normalized spacial score (nSPS) is 9.45. The molecule has 44 heavy (non-hydrogen) atoms. The lowest BCUT2D eigenvalue weighted by Gasteiger charge is -2.00. The van der Waals surface area contributed by atoms with Gasteiger partial charge in [-0.25, -0.2) is 14.4 Å². The maximum Gasteiger partial charge on any atom is 0.343 e. The Bertz CT molecular complexity index is 1620. The van der Waals surface area contributed by atoms with Gasteiger partial charge in [-0.2, -0.15) is 0 Å². The molecule has 0 bridgehead atoms. The van der Waals surface area contributed by atoms with Crippen LogP contribution in [0.2, 0.25) is 0 Å². The van der Waals surface area contributed by atoms with E-state index in [1.165, 1.54) is 30.3 Å². The molecule has 0 aliphatic rings. The monoisotopic (exact) mass is 616 g/mol. The number of benzene rings is 4. The minimum Gasteiger partial charge on any atom is -0.508 e. The van der Waals surface area contributed by atoms with Crippen molar-refractivity contribution < 1.29 is 80.5 Å². The summed E-state index contributed by atoms with van der Waals surface area (Å²) in [5.41, 5.74) is -0.877. The number of carboxylic acid groups (broad SMARTS) is 3. The highest BCUT2D eigenvalue weighted by Crippen LogP contribution is 2.36. The predicted molar refractivity (Wildman–Crippen MR) is 147 cm³/mol. The molecule has 232 valence electrons. The van der Waals surface area contributed by atoms with Gasteiger partial charge in [0, 0.05) is 12.1 Å². The van der Waals surface area contributed by atoms with Crippen molar-refractivity contribution in [2.24, 2.45) is 0 Å². The number of hydrogen-bond acceptors (Lipinski definition) is 13. The number of phenols is 9. The van der Waals surface area contributed by atoms with Crippen molar-refractivity contribution in [3.05, 3.63) is 89.0 Å². The number of rotatable bonds is 4. The van der Waals surface area contributed by atoms with E-state index in [1.54, 1.807) is 0 Å². The van der Waals surface area contributed by atoms with Crippen molar-refractivity contribution in [3.63, 3.8) is 0 Å². The zero-order chi connectivity index (χ0) is 33.7. The van der Waals surface area contributed by atoms with E-state index in [0.717, 1.165) is 36.4 Å². The van der Waals surface area contributed by atoms with Crippen molar-refractivity contribution in [1.29, 1.82) is 0 Å². The van der Waals surface area contributed by atoms with Crippen LogP contribution in [0.25, 0.3) is 0 Å². The molecule has 4 aromatic carbocycles. The molecule has 0 amide bonds. The summed E-state index contributed by atoms with van der Waals surface area (Å²) in [7, 11) is 0. The largest absolute Gasteiger partial charge is 0.508 e. The van der Waals surface area contributed by atoms with Gasteiger partial charge in [-0.15, -0.1) is 0 Å². The zero-order valence-electron chi connectivity index (χ0n) is 21.9. The summed E-state index contributed by atoms with van der Waals surface area (Å²) in [4.78, 5) is 41.0. The Balaban J connectivity index is 0.000000293. The van der Waals surface area contributed by atoms with E-state index >= 15 is 0 Å². The van der Waals surface area contributed by atoms with E-state index in [-0.39, 0.29) is 33.9 Å². The predicted octanol–water partition coefficient (Wildman–Crippen LogP) is 3.00. The summed E-state index contributed by atoms with van der Waals surface area (Å²) < 4.78 is 0. The molecule has 0 aliphatic heterocycles. The second-order valence-electron chi connectivity index (χ2n) is 8.02. The number of aromatic carboxylic acids is 3. The first-order valence-corrected chi connectivity index (χ1v) is 11.4. The first-order chi connectivity index (χ1) is 20.5. The van der Waals surface area contributed by atoms with Gasteiger partial charge in [-0.3, -0.25) is 4.79 Å². The third-order valence-corrected chi connectivity index (χ3v) is 4.88. The molecule has 0 aliphatic carbocycles. The lowest BCUT2D eigenvalue weighted by molar-refractivity contribution is 0.0680. The fourth-order valence-electron chi connectivity index (χ4n) is 2.85. The van der Waals surface area contributed by atoms with Crippen LogP contribution in [0.3, 0.4) is 0 Å². The number of carbonyl (C=O) groups is 4. The molecule has 0 heterocycles. The van der Waals surface area contributed by atoms with Crippen LogP contribution in [0.5, 0.6) is 51.7 Å². The quantitative estimate of drug-likeness (QED) is 0.116. The fourth-order valence-corrected chi connectivity index (χ4v) is 2.85. The second-order valence-corrected chi connectivity index (χ2v) is 8.02. The molecule has 4 aromatic rings. The number of phenolic OH excluding ortho intramolecular Hbond substituents is 6. The van der Waals surface area contributed by atoms with Crippen LogP contribution in [0, 0.1) is 0 Å². The molecular formula is C28H24O16. The Morgan fingerprint density at radius 1 is 0.500 bits per heavy atom. The lowest BCUT2D eigenvalue weighted by atomic mass is 10.2. The highest BCUT2D eigenvalue weighted by molar-refractivity contribution is 5.93. The van der Waals surface area contributed by atoms with Crippen LogP contribution in [0.15, 0.2) is 66.7 Å². The van der Waals surface area contributed by atoms with E-state index in [0.29, 0.717) is 6.29 Å². The summed E-state index contributed by atoms with van der Waals surface area (Å²) in [5, 5.41) is 105. The third kappa shape index (κ3) is 10.3. The van der Waals surface area contributed by atoms with E-state index in [9.17, 15) is 19.2 Å². The molecule has 0 aromatic heterocycles. The Morgan fingerprint density at radius 3 is 1.45 bits per heavy atom. The van der Waals surface area contributed by atoms with Crippen molar-refractivity contribution in [1.82, 2.24) is 0 Å². The number of aromatic hydroxyl groups is 9. The summed E-state index contributed by atoms with van der Waals surface area (Å²) in [6, 6.07) is 12.6. The van der Waals surface area contributed by atoms with Gasteiger partial charge in [-0.1, -0.05) is 6.07 Å². The van der Waals surface area contributed by atoms with Gasteiger partial charge >= 0.3 is 17.9 Å². The molecule has 0 atom stereocenters. The van der Waals surface area contributed by atoms with E-state index in [1.807, 2.05) is 0 Å². The van der Waals surface area contributed by atoms with Gasteiger partial charge in [0.1, 0.15) is 45.6 Å². The highest BCUT2D eigenvalue weighted by Gasteiger charge is 2.13. The van der Waals surface area contributed by atoms with Gasteiger partial charge in [0.05, 0.1) is 11.1 Å². The van der Waals surface area contributed by atoms with E-state index in [2.05, 4.69) is 0 Å². The smallest absolute Gasteiger partial charge is 0.343 e. The van der Waals surface area contributed by atoms with Crippen LogP contribution in [0.1, 0.15) is 41.4 Å². The molecule has 0 spiro atoms. The molecule has 0 saturated carbocycles. The zero-order valence-corrected chi connectivity index (χ0v) is 21.9. The minimum atomic E-state index is -1.35. The standard InChI is InChI=1S/4C7H6O4/c8-5-1-4(7(10)11)2-6(9)3-5;8-3-4-1-2-5(9)7(11)6(4)10;8-4-1-2-5(7(10)11)6(9)3-4;8-4-2-1-3-5(9)6(4)7(10)11/h1-3,8-9H,(H,10,11);1-3,9-11H;2*1-3,8-9H,(H,10,11). The lowest BCUT2D eigenvalue weighted by Crippen LogP contribution is -1.96. The molecule has 0 radical (unpaired) electrons. The van der Waals surface area contributed by atoms with Gasteiger partial charge in [0.25, 0.3) is 0 Å². The number of hydrogen-bond donors (Lipinski definition) is 12. The van der Waals surface area contributed by atoms with E-state index < -0.39 is 58.0 Å². The average molecular weight is 616 g/mol. The minimum absolute atomic E-state index is 0.0553. The van der Waals surface area contributed by atoms with Crippen LogP contribution in [-0.2, 0) is 0 Å². The third-order valence-electron chi connectivity index (χ3n) is 4.88. The van der Waals surface area contributed by atoms with Gasteiger partial charge in [0.2, 0.25) is 5.75 Å². The molecule has 0 unspecified atom stereocenters. The van der Waals surface area contributed by atoms with Crippen molar-refractivity contribution in [3.8, 4) is 51.7 Å². The van der Waals surface area contributed by atoms with Gasteiger partial charge < -0.3 is 61.3 Å². The average Bonchev–Trinajstić information content (AvgIpc) is 2.92. The van der Waals surface area contributed by atoms with Crippen molar-refractivity contribution >= 4 is 24.2 Å². The van der Waals surface area contributed by atoms with Gasteiger partial charge in [0.15, 0.2) is 17.8 Å². The van der Waals surface area contributed by atoms with Gasteiger partial charge in [-0.05, 0) is 48.5 Å². The number of carboxylic acids is 3. The van der Waals surface area contributed by atoms with Crippen molar-refractivity contribution in [2.45, 2.75) is 0 Å². The Morgan fingerprint density at radius 2 is 1.05 bits per heavy atom. The summed E-state index contributed by atoms with van der Waals surface area (Å²) >= 11 is 0. The van der Waals surface area contributed by atoms with Crippen LogP contribution < -0.4 is 0 Å². The number of aldehydes is 1. The molecule has 4 rings (SSSR count). The maximum absolute atomic E-state index is 10.3. The molecule has 16 heteroatoms. The summed E-state index contributed by atoms with van der Waals surface area (Å²) in [5.74, 6) is -7.45. The van der Waals surface area contributed by atoms with E-state index in [4.69, 9.17) is 61.3 Å². The molecule has 16 nitrogen and oxygen atoms in total. The summed E-state index contributed by atoms with van der Waals surface area (Å²) in [6.07, 6.45) is 0.383. The fraction of sp³-hybridized carbons (Fsp3) is 0. The first-order valence-electron chi connectivity index (χ1n) is 11.4. The van der Waals surface area contributed by atoms with Crippen LogP contribution in [-0.4, -0.2) is 85.5 Å². The number of carbonyl (C=O) groups excluding carboxylic acids is 1. The summed E-state index contributed by atoms with van der Waals surface area (Å²) in [6.45, 7) is 0. The second kappa shape index (κ2) is 15.8. The highest BCUT2D eigenvalue weighted by atomic mass is 16.4.